The fraction of sp³-hybridized carbons (Fsp3) is 0.294. The van der Waals surface area contributed by atoms with Crippen molar-refractivity contribution >= 4 is 21.6 Å². The van der Waals surface area contributed by atoms with Gasteiger partial charge in [-0.2, -0.15) is 0 Å². The van der Waals surface area contributed by atoms with Gasteiger partial charge in [0.05, 0.1) is 4.90 Å². The van der Waals surface area contributed by atoms with Crippen molar-refractivity contribution in [1.82, 2.24) is 9.62 Å². The number of hydrogen-bond acceptors (Lipinski definition) is 3. The number of hydrogen-bond donors (Lipinski definition) is 1. The van der Waals surface area contributed by atoms with Gasteiger partial charge in [-0.3, -0.25) is 0 Å². The summed E-state index contributed by atoms with van der Waals surface area (Å²) in [6, 6.07) is 14.6. The predicted molar refractivity (Wildman–Crippen MR) is 94.2 cm³/mol. The van der Waals surface area contributed by atoms with Gasteiger partial charge in [0.2, 0.25) is 10.0 Å². The molecule has 0 fully saturated rings. The molecule has 124 valence electrons. The molecule has 1 N–H and O–H groups in total. The third-order valence-corrected chi connectivity index (χ3v) is 5.51. The first kappa shape index (κ1) is 17.9. The number of nitrogens with one attached hydrogen (secondary N) is 1. The van der Waals surface area contributed by atoms with E-state index in [1.807, 2.05) is 49.3 Å². The van der Waals surface area contributed by atoms with Gasteiger partial charge in [0, 0.05) is 17.6 Å². The number of aryl methyl sites for hydroxylation is 1. The van der Waals surface area contributed by atoms with E-state index < -0.39 is 10.0 Å². The highest BCUT2D eigenvalue weighted by Gasteiger charge is 2.21. The van der Waals surface area contributed by atoms with Gasteiger partial charge in [-0.15, -0.1) is 0 Å². The van der Waals surface area contributed by atoms with Crippen molar-refractivity contribution in [2.24, 2.45) is 0 Å². The zero-order chi connectivity index (χ0) is 17.0. The monoisotopic (exact) mass is 352 g/mol. The second kappa shape index (κ2) is 7.45. The minimum Gasteiger partial charge on any atom is -0.301 e. The lowest BCUT2D eigenvalue weighted by Gasteiger charge is -2.25. The first-order valence-electron chi connectivity index (χ1n) is 7.28. The summed E-state index contributed by atoms with van der Waals surface area (Å²) >= 11 is 5.93. The number of halogens is 1. The number of nitrogens with zero attached hydrogens (tertiary/aromatic N) is 1. The zero-order valence-electron chi connectivity index (χ0n) is 13.5. The molecule has 0 aliphatic heterocycles. The summed E-state index contributed by atoms with van der Waals surface area (Å²) in [5.41, 5.74) is 1.73. The van der Waals surface area contributed by atoms with Gasteiger partial charge in [0.25, 0.3) is 0 Å². The fourth-order valence-corrected chi connectivity index (χ4v) is 3.95. The van der Waals surface area contributed by atoms with Crippen LogP contribution in [0.25, 0.3) is 0 Å². The molecule has 2 aromatic rings. The molecule has 0 saturated heterocycles. The van der Waals surface area contributed by atoms with Crippen LogP contribution in [0.2, 0.25) is 5.02 Å². The van der Waals surface area contributed by atoms with Crippen LogP contribution in [-0.4, -0.2) is 34.0 Å². The molecule has 0 aliphatic carbocycles. The highest BCUT2D eigenvalue weighted by Crippen LogP contribution is 2.22. The number of sulfonamides is 1. The van der Waals surface area contributed by atoms with Crippen molar-refractivity contribution in [2.75, 3.05) is 20.6 Å². The third-order valence-electron chi connectivity index (χ3n) is 3.71. The summed E-state index contributed by atoms with van der Waals surface area (Å²) < 4.78 is 27.8. The lowest BCUT2D eigenvalue weighted by molar-refractivity contribution is 0.299. The molecule has 0 heterocycles. The number of likely N-dealkylation sites (N-methyl/N-ethyl adjacent to an activating group) is 1. The highest BCUT2D eigenvalue weighted by molar-refractivity contribution is 7.89. The molecule has 2 rings (SSSR count). The molecule has 1 atom stereocenters. The molecule has 0 bridgehead atoms. The van der Waals surface area contributed by atoms with Crippen LogP contribution in [0.4, 0.5) is 0 Å². The fourth-order valence-electron chi connectivity index (χ4n) is 2.40. The molecular weight excluding hydrogens is 332 g/mol. The van der Waals surface area contributed by atoms with Gasteiger partial charge in [0.1, 0.15) is 0 Å². The molecule has 0 radical (unpaired) electrons. The summed E-state index contributed by atoms with van der Waals surface area (Å²) in [5.74, 6) is 0. The summed E-state index contributed by atoms with van der Waals surface area (Å²) in [7, 11) is 0.243. The van der Waals surface area contributed by atoms with E-state index in [4.69, 9.17) is 11.6 Å². The average Bonchev–Trinajstić information content (AvgIpc) is 2.50. The van der Waals surface area contributed by atoms with Crippen molar-refractivity contribution in [1.29, 1.82) is 0 Å². The smallest absolute Gasteiger partial charge is 0.240 e. The SMILES string of the molecule is Cc1ccc(Cl)cc1S(=O)(=O)NCC(c1ccccc1)N(C)C. The minimum atomic E-state index is -3.61. The molecule has 4 nitrogen and oxygen atoms in total. The largest absolute Gasteiger partial charge is 0.301 e. The zero-order valence-corrected chi connectivity index (χ0v) is 15.0. The Morgan fingerprint density at radius 3 is 2.39 bits per heavy atom. The van der Waals surface area contributed by atoms with Gasteiger partial charge in [-0.1, -0.05) is 48.0 Å². The van der Waals surface area contributed by atoms with E-state index in [2.05, 4.69) is 4.72 Å². The topological polar surface area (TPSA) is 49.4 Å². The first-order chi connectivity index (χ1) is 10.8. The third kappa shape index (κ3) is 4.54. The molecule has 0 spiro atoms. The lowest BCUT2D eigenvalue weighted by atomic mass is 10.1. The molecule has 0 saturated carbocycles. The van der Waals surface area contributed by atoms with Gasteiger partial charge in [-0.25, -0.2) is 13.1 Å². The van der Waals surface area contributed by atoms with Crippen molar-refractivity contribution in [3.05, 3.63) is 64.7 Å². The highest BCUT2D eigenvalue weighted by atomic mass is 35.5. The van der Waals surface area contributed by atoms with Crippen molar-refractivity contribution < 1.29 is 8.42 Å². The molecule has 6 heteroatoms. The van der Waals surface area contributed by atoms with E-state index in [1.165, 1.54) is 6.07 Å². The minimum absolute atomic E-state index is 0.0505. The van der Waals surface area contributed by atoms with Gasteiger partial charge >= 0.3 is 0 Å². The molecule has 0 amide bonds. The number of benzene rings is 2. The van der Waals surface area contributed by atoms with Crippen LogP contribution in [-0.2, 0) is 10.0 Å². The van der Waals surface area contributed by atoms with Crippen LogP contribution in [0.3, 0.4) is 0 Å². The second-order valence-corrected chi connectivity index (χ2v) is 7.82. The molecule has 0 aromatic heterocycles. The maximum Gasteiger partial charge on any atom is 0.240 e. The summed E-state index contributed by atoms with van der Waals surface area (Å²) in [5, 5.41) is 0.406. The van der Waals surface area contributed by atoms with Crippen LogP contribution in [0, 0.1) is 6.92 Å². The van der Waals surface area contributed by atoms with Crippen LogP contribution >= 0.6 is 11.6 Å². The maximum absolute atomic E-state index is 12.6. The Balaban J connectivity index is 2.22. The Labute approximate surface area is 143 Å². The van der Waals surface area contributed by atoms with Crippen LogP contribution < -0.4 is 4.72 Å². The van der Waals surface area contributed by atoms with Gasteiger partial charge < -0.3 is 4.90 Å². The Morgan fingerprint density at radius 1 is 1.13 bits per heavy atom. The Morgan fingerprint density at radius 2 is 1.78 bits per heavy atom. The Kier molecular flexibility index (Phi) is 5.81. The molecule has 2 aromatic carbocycles. The van der Waals surface area contributed by atoms with E-state index in [9.17, 15) is 8.42 Å². The standard InChI is InChI=1S/C17H21ClN2O2S/c1-13-9-10-15(18)11-17(13)23(21,22)19-12-16(20(2)3)14-7-5-4-6-8-14/h4-11,16,19H,12H2,1-3H3. The number of rotatable bonds is 6. The lowest BCUT2D eigenvalue weighted by Crippen LogP contribution is -2.34. The molecular formula is C17H21ClN2O2S. The van der Waals surface area contributed by atoms with Crippen molar-refractivity contribution in [2.45, 2.75) is 17.9 Å². The Bertz CT molecular complexity index is 761. The molecule has 0 aliphatic rings. The average molecular weight is 353 g/mol. The second-order valence-electron chi connectivity index (χ2n) is 5.65. The Hall–Kier alpha value is -1.40. The normalized spacial score (nSPS) is 13.3. The predicted octanol–water partition coefficient (Wildman–Crippen LogP) is 3.23. The van der Waals surface area contributed by atoms with Gasteiger partial charge in [0.15, 0.2) is 0 Å². The molecule has 23 heavy (non-hydrogen) atoms. The van der Waals surface area contributed by atoms with E-state index in [-0.39, 0.29) is 17.5 Å². The van der Waals surface area contributed by atoms with E-state index in [1.54, 1.807) is 19.1 Å². The van der Waals surface area contributed by atoms with Gasteiger partial charge in [-0.05, 0) is 44.3 Å². The quantitative estimate of drug-likeness (QED) is 0.868. The van der Waals surface area contributed by atoms with Crippen molar-refractivity contribution in [3.63, 3.8) is 0 Å². The van der Waals surface area contributed by atoms with Crippen LogP contribution in [0.1, 0.15) is 17.2 Å². The summed E-state index contributed by atoms with van der Waals surface area (Å²) in [4.78, 5) is 2.21. The maximum atomic E-state index is 12.6. The first-order valence-corrected chi connectivity index (χ1v) is 9.14. The summed E-state index contributed by atoms with van der Waals surface area (Å²) in [6.07, 6.45) is 0. The summed E-state index contributed by atoms with van der Waals surface area (Å²) in [6.45, 7) is 2.04. The van der Waals surface area contributed by atoms with E-state index in [0.717, 1.165) is 5.56 Å². The van der Waals surface area contributed by atoms with Crippen molar-refractivity contribution in [3.8, 4) is 0 Å². The molecule has 1 unspecified atom stereocenters. The van der Waals surface area contributed by atoms with E-state index >= 15 is 0 Å². The van der Waals surface area contributed by atoms with Crippen LogP contribution in [0.5, 0.6) is 0 Å². The van der Waals surface area contributed by atoms with E-state index in [0.29, 0.717) is 10.6 Å². The van der Waals surface area contributed by atoms with Crippen LogP contribution in [0.15, 0.2) is 53.4 Å².